The molecule has 1 rings (SSSR count). The molecule has 0 amide bonds. The Morgan fingerprint density at radius 3 is 2.57 bits per heavy atom. The molecule has 1 aromatic carbocycles. The molecule has 0 bridgehead atoms. The molecular formula is C8H4F2N2O2. The van der Waals surface area contributed by atoms with E-state index in [9.17, 15) is 18.9 Å². The Kier molecular flexibility index (Phi) is 2.72. The monoisotopic (exact) mass is 198 g/mol. The highest BCUT2D eigenvalue weighted by atomic mass is 19.1. The van der Waals surface area contributed by atoms with E-state index in [-0.39, 0.29) is 12.0 Å². The van der Waals surface area contributed by atoms with Crippen LogP contribution in [0.25, 0.3) is 0 Å². The lowest BCUT2D eigenvalue weighted by atomic mass is 10.1. The van der Waals surface area contributed by atoms with Crippen molar-refractivity contribution in [2.45, 2.75) is 6.42 Å². The minimum Gasteiger partial charge on any atom is -0.258 e. The fourth-order valence-electron chi connectivity index (χ4n) is 0.941. The first-order chi connectivity index (χ1) is 6.56. The highest BCUT2D eigenvalue weighted by molar-refractivity contribution is 5.38. The van der Waals surface area contributed by atoms with Crippen LogP contribution < -0.4 is 0 Å². The van der Waals surface area contributed by atoms with E-state index < -0.39 is 22.2 Å². The zero-order valence-electron chi connectivity index (χ0n) is 6.83. The minimum absolute atomic E-state index is 0.180. The van der Waals surface area contributed by atoms with Crippen LogP contribution in [0, 0.1) is 33.1 Å². The Morgan fingerprint density at radius 2 is 2.07 bits per heavy atom. The van der Waals surface area contributed by atoms with Gasteiger partial charge in [0.05, 0.1) is 17.4 Å². The van der Waals surface area contributed by atoms with Crippen LogP contribution >= 0.6 is 0 Å². The van der Waals surface area contributed by atoms with E-state index in [1.165, 1.54) is 0 Å². The summed E-state index contributed by atoms with van der Waals surface area (Å²) in [5.41, 5.74) is -1.00. The molecule has 0 N–H and O–H groups in total. The van der Waals surface area contributed by atoms with Crippen LogP contribution in [0.2, 0.25) is 0 Å². The molecule has 72 valence electrons. The standard InChI is InChI=1S/C8H4F2N2O2/c9-6-4-7(10)8(12(13)14)3-5(6)1-2-11/h3-4H,1H2. The first kappa shape index (κ1) is 10.1. The first-order valence-electron chi connectivity index (χ1n) is 3.55. The smallest absolute Gasteiger partial charge is 0.258 e. The van der Waals surface area contributed by atoms with Crippen LogP contribution in [-0.4, -0.2) is 4.92 Å². The largest absolute Gasteiger partial charge is 0.305 e. The van der Waals surface area contributed by atoms with Gasteiger partial charge in [-0.3, -0.25) is 10.1 Å². The Balaban J connectivity index is 3.28. The molecule has 0 aliphatic heterocycles. The summed E-state index contributed by atoms with van der Waals surface area (Å²) in [4.78, 5) is 9.29. The molecule has 0 radical (unpaired) electrons. The average molecular weight is 198 g/mol. The number of hydrogen-bond acceptors (Lipinski definition) is 3. The lowest BCUT2D eigenvalue weighted by molar-refractivity contribution is -0.387. The number of nitro groups is 1. The van der Waals surface area contributed by atoms with Crippen molar-refractivity contribution < 1.29 is 13.7 Å². The number of nitro benzene ring substituents is 1. The van der Waals surface area contributed by atoms with Gasteiger partial charge in [-0.15, -0.1) is 0 Å². The molecule has 0 heterocycles. The molecule has 0 aliphatic rings. The van der Waals surface area contributed by atoms with Crippen LogP contribution in [0.15, 0.2) is 12.1 Å². The summed E-state index contributed by atoms with van der Waals surface area (Å²) in [6, 6.07) is 2.76. The first-order valence-corrected chi connectivity index (χ1v) is 3.55. The van der Waals surface area contributed by atoms with E-state index in [1.54, 1.807) is 6.07 Å². The second kappa shape index (κ2) is 3.79. The van der Waals surface area contributed by atoms with Crippen molar-refractivity contribution in [3.63, 3.8) is 0 Å². The van der Waals surface area contributed by atoms with Crippen molar-refractivity contribution in [3.8, 4) is 6.07 Å². The van der Waals surface area contributed by atoms with Gasteiger partial charge in [0.15, 0.2) is 0 Å². The second-order valence-electron chi connectivity index (χ2n) is 2.49. The molecule has 14 heavy (non-hydrogen) atoms. The molecule has 0 unspecified atom stereocenters. The van der Waals surface area contributed by atoms with Crippen LogP contribution in [0.5, 0.6) is 0 Å². The number of nitriles is 1. The summed E-state index contributed by atoms with van der Waals surface area (Å²) in [5, 5.41) is 18.5. The number of nitrogens with zero attached hydrogens (tertiary/aromatic N) is 2. The van der Waals surface area contributed by atoms with Gasteiger partial charge in [-0.25, -0.2) is 4.39 Å². The van der Waals surface area contributed by atoms with Gasteiger partial charge in [-0.2, -0.15) is 9.65 Å². The quantitative estimate of drug-likeness (QED) is 0.538. The third kappa shape index (κ3) is 1.82. The van der Waals surface area contributed by atoms with Crippen LogP contribution in [0.4, 0.5) is 14.5 Å². The predicted molar refractivity (Wildman–Crippen MR) is 42.3 cm³/mol. The van der Waals surface area contributed by atoms with Gasteiger partial charge < -0.3 is 0 Å². The van der Waals surface area contributed by atoms with Crippen LogP contribution in [0.3, 0.4) is 0 Å². The second-order valence-corrected chi connectivity index (χ2v) is 2.49. The van der Waals surface area contributed by atoms with E-state index in [2.05, 4.69) is 0 Å². The summed E-state index contributed by atoms with van der Waals surface area (Å²) < 4.78 is 25.6. The molecule has 6 heteroatoms. The van der Waals surface area contributed by atoms with Gasteiger partial charge in [-0.05, 0) is 0 Å². The molecule has 0 spiro atoms. The minimum atomic E-state index is -1.24. The Morgan fingerprint density at radius 1 is 1.43 bits per heavy atom. The van der Waals surface area contributed by atoms with Gasteiger partial charge in [-0.1, -0.05) is 0 Å². The third-order valence-corrected chi connectivity index (χ3v) is 1.58. The summed E-state index contributed by atoms with van der Waals surface area (Å²) in [6.07, 6.45) is -0.326. The third-order valence-electron chi connectivity index (χ3n) is 1.58. The summed E-state index contributed by atoms with van der Waals surface area (Å²) in [6.45, 7) is 0. The molecule has 1 aromatic rings. The van der Waals surface area contributed by atoms with Crippen molar-refractivity contribution in [2.75, 3.05) is 0 Å². The maximum atomic E-state index is 12.9. The summed E-state index contributed by atoms with van der Waals surface area (Å²) in [5.74, 6) is -2.19. The molecule has 0 atom stereocenters. The van der Waals surface area contributed by atoms with Gasteiger partial charge in [0.25, 0.3) is 0 Å². The van der Waals surface area contributed by atoms with E-state index >= 15 is 0 Å². The van der Waals surface area contributed by atoms with Gasteiger partial charge >= 0.3 is 5.69 Å². The van der Waals surface area contributed by atoms with Crippen molar-refractivity contribution in [2.24, 2.45) is 0 Å². The lowest BCUT2D eigenvalue weighted by Crippen LogP contribution is -1.97. The highest BCUT2D eigenvalue weighted by Gasteiger charge is 2.17. The SMILES string of the molecule is N#CCc1cc([N+](=O)[O-])c(F)cc1F. The zero-order chi connectivity index (χ0) is 10.7. The molecule has 0 saturated heterocycles. The maximum absolute atomic E-state index is 12.9. The predicted octanol–water partition coefficient (Wildman–Crippen LogP) is 1.94. The highest BCUT2D eigenvalue weighted by Crippen LogP contribution is 2.21. The Labute approximate surface area is 77.5 Å². The van der Waals surface area contributed by atoms with Crippen molar-refractivity contribution >= 4 is 5.69 Å². The summed E-state index contributed by atoms with van der Waals surface area (Å²) >= 11 is 0. The molecule has 0 aliphatic carbocycles. The number of halogens is 2. The van der Waals surface area contributed by atoms with Crippen LogP contribution in [0.1, 0.15) is 5.56 Å². The summed E-state index contributed by atoms with van der Waals surface area (Å²) in [7, 11) is 0. The van der Waals surface area contributed by atoms with E-state index in [1.807, 2.05) is 0 Å². The number of hydrogen-bond donors (Lipinski definition) is 0. The molecule has 4 nitrogen and oxygen atoms in total. The average Bonchev–Trinajstić information content (AvgIpc) is 2.09. The Bertz CT molecular complexity index is 426. The number of rotatable bonds is 2. The fourth-order valence-corrected chi connectivity index (χ4v) is 0.941. The van der Waals surface area contributed by atoms with Gasteiger partial charge in [0, 0.05) is 17.7 Å². The van der Waals surface area contributed by atoms with E-state index in [0.717, 1.165) is 6.07 Å². The van der Waals surface area contributed by atoms with Crippen molar-refractivity contribution in [1.29, 1.82) is 5.26 Å². The fraction of sp³-hybridized carbons (Fsp3) is 0.125. The van der Waals surface area contributed by atoms with Gasteiger partial charge in [0.1, 0.15) is 5.82 Å². The maximum Gasteiger partial charge on any atom is 0.305 e. The molecular weight excluding hydrogens is 194 g/mol. The Hall–Kier alpha value is -2.03. The van der Waals surface area contributed by atoms with Gasteiger partial charge in [0.2, 0.25) is 5.82 Å². The van der Waals surface area contributed by atoms with Crippen molar-refractivity contribution in [3.05, 3.63) is 39.4 Å². The van der Waals surface area contributed by atoms with Crippen LogP contribution in [-0.2, 0) is 6.42 Å². The van der Waals surface area contributed by atoms with Crippen molar-refractivity contribution in [1.82, 2.24) is 0 Å². The number of benzene rings is 1. The molecule has 0 fully saturated rings. The normalized spacial score (nSPS) is 9.50. The van der Waals surface area contributed by atoms with E-state index in [4.69, 9.17) is 5.26 Å². The van der Waals surface area contributed by atoms with E-state index in [0.29, 0.717) is 6.07 Å². The molecule has 0 saturated carbocycles. The zero-order valence-corrected chi connectivity index (χ0v) is 6.83. The molecule has 0 aromatic heterocycles. The topological polar surface area (TPSA) is 66.9 Å². The lowest BCUT2D eigenvalue weighted by Gasteiger charge is -1.98.